The van der Waals surface area contributed by atoms with Crippen molar-refractivity contribution in [3.63, 3.8) is 0 Å². The van der Waals surface area contributed by atoms with Crippen LogP contribution in [0.5, 0.6) is 0 Å². The predicted molar refractivity (Wildman–Crippen MR) is 105 cm³/mol. The van der Waals surface area contributed by atoms with Gasteiger partial charge in [-0.05, 0) is 29.8 Å². The normalized spacial score (nSPS) is 10.8. The summed E-state index contributed by atoms with van der Waals surface area (Å²) in [5, 5.41) is 2.97. The molecule has 0 bridgehead atoms. The van der Waals surface area contributed by atoms with Crippen LogP contribution in [-0.4, -0.2) is 20.4 Å². The summed E-state index contributed by atoms with van der Waals surface area (Å²) in [6.07, 6.45) is 2.69. The van der Waals surface area contributed by atoms with Gasteiger partial charge in [0.2, 0.25) is 5.91 Å². The van der Waals surface area contributed by atoms with E-state index < -0.39 is 0 Å². The maximum Gasteiger partial charge on any atom is 0.220 e. The molecular weight excluding hydrogens is 336 g/mol. The summed E-state index contributed by atoms with van der Waals surface area (Å²) in [5.74, 6) is 0.850. The Hall–Kier alpha value is -3.47. The zero-order valence-corrected chi connectivity index (χ0v) is 14.9. The molecular formula is C22H20N4O. The maximum absolute atomic E-state index is 12.3. The van der Waals surface area contributed by atoms with Crippen LogP contribution in [0.1, 0.15) is 17.8 Å². The number of hydrogen-bond acceptors (Lipinski definition) is 3. The first-order valence-electron chi connectivity index (χ1n) is 8.99. The third kappa shape index (κ3) is 3.87. The number of imidazole rings is 1. The third-order valence-electron chi connectivity index (χ3n) is 4.41. The first kappa shape index (κ1) is 17.0. The highest BCUT2D eigenvalue weighted by molar-refractivity contribution is 5.77. The molecule has 0 saturated heterocycles. The lowest BCUT2D eigenvalue weighted by Gasteiger charge is -2.09. The van der Waals surface area contributed by atoms with Gasteiger partial charge >= 0.3 is 0 Å². The van der Waals surface area contributed by atoms with Crippen LogP contribution < -0.4 is 5.32 Å². The van der Waals surface area contributed by atoms with E-state index in [0.29, 0.717) is 19.4 Å². The van der Waals surface area contributed by atoms with Gasteiger partial charge in [-0.3, -0.25) is 9.36 Å². The van der Waals surface area contributed by atoms with Crippen molar-refractivity contribution in [3.8, 4) is 5.69 Å². The molecule has 2 aromatic carbocycles. The Morgan fingerprint density at radius 2 is 1.67 bits per heavy atom. The van der Waals surface area contributed by atoms with Crippen LogP contribution in [0.3, 0.4) is 0 Å². The number of amides is 1. The highest BCUT2D eigenvalue weighted by Crippen LogP contribution is 2.20. The molecule has 0 aliphatic rings. The zero-order valence-electron chi connectivity index (χ0n) is 14.9. The Labute approximate surface area is 157 Å². The van der Waals surface area contributed by atoms with Crippen LogP contribution in [-0.2, 0) is 17.8 Å². The molecule has 5 heteroatoms. The molecule has 0 fully saturated rings. The second kappa shape index (κ2) is 7.83. The highest BCUT2D eigenvalue weighted by Gasteiger charge is 2.14. The van der Waals surface area contributed by atoms with E-state index in [-0.39, 0.29) is 5.91 Å². The summed E-state index contributed by atoms with van der Waals surface area (Å²) in [4.78, 5) is 21.5. The molecule has 0 spiro atoms. The Bertz CT molecular complexity index is 1040. The van der Waals surface area contributed by atoms with Crippen LogP contribution >= 0.6 is 0 Å². The van der Waals surface area contributed by atoms with E-state index in [0.717, 1.165) is 28.2 Å². The smallest absolute Gasteiger partial charge is 0.220 e. The van der Waals surface area contributed by atoms with Gasteiger partial charge in [-0.15, -0.1) is 0 Å². The quantitative estimate of drug-likeness (QED) is 0.573. The number of carbonyl (C=O) groups is 1. The van der Waals surface area contributed by atoms with Crippen LogP contribution in [0, 0.1) is 0 Å². The van der Waals surface area contributed by atoms with Crippen molar-refractivity contribution in [2.45, 2.75) is 19.4 Å². The van der Waals surface area contributed by atoms with E-state index in [1.54, 1.807) is 6.20 Å². The number of hydrogen-bond donors (Lipinski definition) is 1. The van der Waals surface area contributed by atoms with E-state index in [2.05, 4.69) is 10.3 Å². The number of nitrogens with zero attached hydrogens (tertiary/aromatic N) is 3. The number of carbonyl (C=O) groups excluding carboxylic acids is 1. The molecule has 4 aromatic rings. The number of pyridine rings is 1. The molecule has 0 aliphatic heterocycles. The number of aryl methyl sites for hydroxylation is 1. The average molecular weight is 356 g/mol. The van der Waals surface area contributed by atoms with E-state index in [1.807, 2.05) is 77.4 Å². The minimum atomic E-state index is 0.0125. The standard InChI is InChI=1S/C22H20N4O/c27-21(24-16-17-8-3-1-4-9-17)14-13-20-25-19-12-7-15-23-22(19)26(20)18-10-5-2-6-11-18/h1-12,15H,13-14,16H2,(H,24,27). The summed E-state index contributed by atoms with van der Waals surface area (Å²) in [6.45, 7) is 0.538. The van der Waals surface area contributed by atoms with Gasteiger partial charge in [-0.25, -0.2) is 9.97 Å². The lowest BCUT2D eigenvalue weighted by Crippen LogP contribution is -2.23. The van der Waals surface area contributed by atoms with Crippen molar-refractivity contribution in [2.24, 2.45) is 0 Å². The van der Waals surface area contributed by atoms with Crippen molar-refractivity contribution in [1.82, 2.24) is 19.9 Å². The summed E-state index contributed by atoms with van der Waals surface area (Å²) < 4.78 is 2.03. The highest BCUT2D eigenvalue weighted by atomic mass is 16.1. The van der Waals surface area contributed by atoms with Crippen molar-refractivity contribution in [2.75, 3.05) is 0 Å². The fourth-order valence-electron chi connectivity index (χ4n) is 3.09. The van der Waals surface area contributed by atoms with E-state index in [1.165, 1.54) is 0 Å². The summed E-state index contributed by atoms with van der Waals surface area (Å²) in [6, 6.07) is 23.7. The number of fused-ring (bicyclic) bond motifs is 1. The number of aromatic nitrogens is 3. The topological polar surface area (TPSA) is 59.8 Å². The van der Waals surface area contributed by atoms with Gasteiger partial charge in [0.1, 0.15) is 11.3 Å². The van der Waals surface area contributed by atoms with Crippen molar-refractivity contribution < 1.29 is 4.79 Å². The summed E-state index contributed by atoms with van der Waals surface area (Å²) >= 11 is 0. The second-order valence-electron chi connectivity index (χ2n) is 6.31. The molecule has 2 aromatic heterocycles. The Morgan fingerprint density at radius 1 is 0.926 bits per heavy atom. The fraction of sp³-hybridized carbons (Fsp3) is 0.136. The third-order valence-corrected chi connectivity index (χ3v) is 4.41. The maximum atomic E-state index is 12.3. The monoisotopic (exact) mass is 356 g/mol. The lowest BCUT2D eigenvalue weighted by molar-refractivity contribution is -0.121. The van der Waals surface area contributed by atoms with E-state index in [9.17, 15) is 4.79 Å². The molecule has 27 heavy (non-hydrogen) atoms. The predicted octanol–water partition coefficient (Wildman–Crippen LogP) is 3.67. The Balaban J connectivity index is 1.51. The molecule has 0 atom stereocenters. The largest absolute Gasteiger partial charge is 0.352 e. The van der Waals surface area contributed by atoms with Crippen molar-refractivity contribution in [1.29, 1.82) is 0 Å². The molecule has 1 N–H and O–H groups in total. The minimum absolute atomic E-state index is 0.0125. The summed E-state index contributed by atoms with van der Waals surface area (Å²) in [5.41, 5.74) is 3.73. The number of rotatable bonds is 6. The van der Waals surface area contributed by atoms with Gasteiger partial charge in [0, 0.05) is 31.3 Å². The van der Waals surface area contributed by atoms with Crippen molar-refractivity contribution in [3.05, 3.63) is 90.4 Å². The van der Waals surface area contributed by atoms with Crippen LogP contribution in [0.25, 0.3) is 16.9 Å². The SMILES string of the molecule is O=C(CCc1nc2cccnc2n1-c1ccccc1)NCc1ccccc1. The molecule has 0 unspecified atom stereocenters. The first-order chi connectivity index (χ1) is 13.3. The molecule has 1 amide bonds. The van der Waals surface area contributed by atoms with Gasteiger partial charge in [-0.2, -0.15) is 0 Å². The number of para-hydroxylation sites is 1. The number of benzene rings is 2. The molecule has 134 valence electrons. The lowest BCUT2D eigenvalue weighted by atomic mass is 10.2. The van der Waals surface area contributed by atoms with Crippen LogP contribution in [0.4, 0.5) is 0 Å². The van der Waals surface area contributed by atoms with Gasteiger partial charge in [0.05, 0.1) is 0 Å². The van der Waals surface area contributed by atoms with Crippen molar-refractivity contribution >= 4 is 17.1 Å². The van der Waals surface area contributed by atoms with Gasteiger partial charge in [-0.1, -0.05) is 48.5 Å². The fourth-order valence-corrected chi connectivity index (χ4v) is 3.09. The molecule has 0 radical (unpaired) electrons. The van der Waals surface area contributed by atoms with E-state index in [4.69, 9.17) is 4.98 Å². The van der Waals surface area contributed by atoms with Gasteiger partial charge < -0.3 is 5.32 Å². The van der Waals surface area contributed by atoms with Crippen LogP contribution in [0.2, 0.25) is 0 Å². The Morgan fingerprint density at radius 3 is 2.44 bits per heavy atom. The molecule has 0 aliphatic carbocycles. The van der Waals surface area contributed by atoms with Crippen LogP contribution in [0.15, 0.2) is 79.0 Å². The van der Waals surface area contributed by atoms with E-state index >= 15 is 0 Å². The molecule has 4 rings (SSSR count). The zero-order chi connectivity index (χ0) is 18.5. The first-order valence-corrected chi connectivity index (χ1v) is 8.99. The average Bonchev–Trinajstić information content (AvgIpc) is 3.10. The molecule has 5 nitrogen and oxygen atoms in total. The van der Waals surface area contributed by atoms with Gasteiger partial charge in [0.25, 0.3) is 0 Å². The Kier molecular flexibility index (Phi) is 4.92. The second-order valence-corrected chi connectivity index (χ2v) is 6.31. The number of nitrogens with one attached hydrogen (secondary N) is 1. The summed E-state index contributed by atoms with van der Waals surface area (Å²) in [7, 11) is 0. The minimum Gasteiger partial charge on any atom is -0.352 e. The van der Waals surface area contributed by atoms with Gasteiger partial charge in [0.15, 0.2) is 5.65 Å². The molecule has 2 heterocycles. The molecule has 0 saturated carbocycles.